The van der Waals surface area contributed by atoms with Crippen LogP contribution in [0.25, 0.3) is 0 Å². The molecule has 2 rings (SSSR count). The van der Waals surface area contributed by atoms with Crippen molar-refractivity contribution in [3.05, 3.63) is 56.6 Å². The molecule has 88 valence electrons. The zero-order valence-corrected chi connectivity index (χ0v) is 11.9. The summed E-state index contributed by atoms with van der Waals surface area (Å²) in [6.07, 6.45) is 0. The fourth-order valence-corrected chi connectivity index (χ4v) is 2.15. The molecule has 0 aliphatic heterocycles. The highest BCUT2D eigenvalue weighted by molar-refractivity contribution is 14.1. The molecule has 0 amide bonds. The Kier molecular flexibility index (Phi) is 4.25. The molecule has 0 spiro atoms. The molecule has 4 heteroatoms. The van der Waals surface area contributed by atoms with Crippen LogP contribution >= 0.6 is 34.2 Å². The maximum Gasteiger partial charge on any atom is 0.140 e. The van der Waals surface area contributed by atoms with Gasteiger partial charge in [0.1, 0.15) is 11.5 Å². The number of nitrogens with two attached hydrogens (primary N) is 1. The lowest BCUT2D eigenvalue weighted by Crippen LogP contribution is -1.99. The normalized spacial score (nSPS) is 10.3. The number of ether oxygens (including phenoxy) is 1. The van der Waals surface area contributed by atoms with Crippen LogP contribution in [0.1, 0.15) is 5.56 Å². The minimum absolute atomic E-state index is 0.402. The van der Waals surface area contributed by atoms with Gasteiger partial charge in [0.15, 0.2) is 0 Å². The molecule has 0 unspecified atom stereocenters. The van der Waals surface area contributed by atoms with E-state index in [-0.39, 0.29) is 0 Å². The molecule has 0 saturated heterocycles. The summed E-state index contributed by atoms with van der Waals surface area (Å²) < 4.78 is 6.90. The van der Waals surface area contributed by atoms with Crippen molar-refractivity contribution in [1.82, 2.24) is 0 Å². The van der Waals surface area contributed by atoms with Gasteiger partial charge in [-0.3, -0.25) is 0 Å². The SMILES string of the molecule is NCc1cc(Cl)ccc1Oc1ccccc1I. The Labute approximate surface area is 119 Å². The second-order valence-corrected chi connectivity index (χ2v) is 5.09. The summed E-state index contributed by atoms with van der Waals surface area (Å²) in [7, 11) is 0. The molecule has 2 nitrogen and oxygen atoms in total. The van der Waals surface area contributed by atoms with Crippen LogP contribution in [-0.4, -0.2) is 0 Å². The van der Waals surface area contributed by atoms with Crippen LogP contribution in [0.4, 0.5) is 0 Å². The molecule has 0 bridgehead atoms. The smallest absolute Gasteiger partial charge is 0.140 e. The molecule has 0 heterocycles. The van der Waals surface area contributed by atoms with E-state index >= 15 is 0 Å². The zero-order valence-electron chi connectivity index (χ0n) is 8.99. The fourth-order valence-electron chi connectivity index (χ4n) is 1.45. The molecular formula is C13H11ClINO. The second-order valence-electron chi connectivity index (χ2n) is 3.49. The lowest BCUT2D eigenvalue weighted by Gasteiger charge is -2.11. The first-order chi connectivity index (χ1) is 8.20. The number of hydrogen-bond acceptors (Lipinski definition) is 2. The first-order valence-corrected chi connectivity index (χ1v) is 6.57. The van der Waals surface area contributed by atoms with E-state index in [0.29, 0.717) is 11.6 Å². The van der Waals surface area contributed by atoms with E-state index in [0.717, 1.165) is 20.6 Å². The van der Waals surface area contributed by atoms with Crippen molar-refractivity contribution in [2.45, 2.75) is 6.54 Å². The number of hydrogen-bond donors (Lipinski definition) is 1. The Hall–Kier alpha value is -0.780. The van der Waals surface area contributed by atoms with E-state index in [1.807, 2.05) is 36.4 Å². The zero-order chi connectivity index (χ0) is 12.3. The van der Waals surface area contributed by atoms with Crippen molar-refractivity contribution in [2.24, 2.45) is 5.73 Å². The number of para-hydroxylation sites is 1. The molecule has 2 aromatic carbocycles. The molecule has 17 heavy (non-hydrogen) atoms. The summed E-state index contributed by atoms with van der Waals surface area (Å²) in [4.78, 5) is 0. The van der Waals surface area contributed by atoms with Gasteiger partial charge in [-0.05, 0) is 52.9 Å². The highest BCUT2D eigenvalue weighted by Gasteiger charge is 2.06. The van der Waals surface area contributed by atoms with Crippen LogP contribution in [0, 0.1) is 3.57 Å². The molecule has 0 fully saturated rings. The van der Waals surface area contributed by atoms with E-state index in [9.17, 15) is 0 Å². The molecular weight excluding hydrogens is 349 g/mol. The average molecular weight is 360 g/mol. The van der Waals surface area contributed by atoms with Gasteiger partial charge in [-0.15, -0.1) is 0 Å². The summed E-state index contributed by atoms with van der Waals surface area (Å²) >= 11 is 8.15. The Balaban J connectivity index is 2.33. The van der Waals surface area contributed by atoms with E-state index in [4.69, 9.17) is 22.1 Å². The van der Waals surface area contributed by atoms with Crippen LogP contribution in [0.2, 0.25) is 5.02 Å². The first-order valence-electron chi connectivity index (χ1n) is 5.11. The van der Waals surface area contributed by atoms with E-state index in [2.05, 4.69) is 22.6 Å². The highest BCUT2D eigenvalue weighted by Crippen LogP contribution is 2.30. The molecule has 0 saturated carbocycles. The quantitative estimate of drug-likeness (QED) is 0.834. The largest absolute Gasteiger partial charge is 0.456 e. The lowest BCUT2D eigenvalue weighted by molar-refractivity contribution is 0.473. The van der Waals surface area contributed by atoms with Crippen molar-refractivity contribution >= 4 is 34.2 Å². The third-order valence-corrected chi connectivity index (χ3v) is 3.43. The van der Waals surface area contributed by atoms with Crippen LogP contribution in [0.15, 0.2) is 42.5 Å². The van der Waals surface area contributed by atoms with E-state index in [1.165, 1.54) is 0 Å². The van der Waals surface area contributed by atoms with Gasteiger partial charge in [-0.2, -0.15) is 0 Å². The van der Waals surface area contributed by atoms with Gasteiger partial charge >= 0.3 is 0 Å². The van der Waals surface area contributed by atoms with E-state index in [1.54, 1.807) is 6.07 Å². The summed E-state index contributed by atoms with van der Waals surface area (Å²) in [5.41, 5.74) is 6.57. The average Bonchev–Trinajstić information content (AvgIpc) is 2.34. The Morgan fingerprint density at radius 1 is 1.12 bits per heavy atom. The number of rotatable bonds is 3. The molecule has 0 radical (unpaired) electrons. The second kappa shape index (κ2) is 5.71. The fraction of sp³-hybridized carbons (Fsp3) is 0.0769. The summed E-state index contributed by atoms with van der Waals surface area (Å²) in [5.74, 6) is 1.58. The maximum atomic E-state index is 5.92. The van der Waals surface area contributed by atoms with Gasteiger partial charge in [0.05, 0.1) is 3.57 Å². The van der Waals surface area contributed by atoms with E-state index < -0.39 is 0 Å². The Morgan fingerprint density at radius 2 is 1.88 bits per heavy atom. The third kappa shape index (κ3) is 3.12. The van der Waals surface area contributed by atoms with Gasteiger partial charge in [0.2, 0.25) is 0 Å². The van der Waals surface area contributed by atoms with Crippen molar-refractivity contribution in [3.8, 4) is 11.5 Å². The van der Waals surface area contributed by atoms with Gasteiger partial charge in [-0.1, -0.05) is 23.7 Å². The van der Waals surface area contributed by atoms with Crippen molar-refractivity contribution in [3.63, 3.8) is 0 Å². The summed E-state index contributed by atoms with van der Waals surface area (Å²) in [6.45, 7) is 0.402. The number of halogens is 2. The minimum atomic E-state index is 0.402. The molecule has 0 atom stereocenters. The van der Waals surface area contributed by atoms with Gasteiger partial charge in [0.25, 0.3) is 0 Å². The predicted molar refractivity (Wildman–Crippen MR) is 78.6 cm³/mol. The van der Waals surface area contributed by atoms with Crippen molar-refractivity contribution in [2.75, 3.05) is 0 Å². The number of benzene rings is 2. The lowest BCUT2D eigenvalue weighted by atomic mass is 10.2. The van der Waals surface area contributed by atoms with Crippen LogP contribution in [0.5, 0.6) is 11.5 Å². The van der Waals surface area contributed by atoms with Crippen LogP contribution < -0.4 is 10.5 Å². The maximum absolute atomic E-state index is 5.92. The minimum Gasteiger partial charge on any atom is -0.456 e. The highest BCUT2D eigenvalue weighted by atomic mass is 127. The monoisotopic (exact) mass is 359 g/mol. The molecule has 0 aliphatic carbocycles. The Bertz CT molecular complexity index is 531. The topological polar surface area (TPSA) is 35.2 Å². The van der Waals surface area contributed by atoms with Crippen molar-refractivity contribution < 1.29 is 4.74 Å². The molecule has 2 aromatic rings. The predicted octanol–water partition coefficient (Wildman–Crippen LogP) is 4.20. The van der Waals surface area contributed by atoms with Gasteiger partial charge in [-0.25, -0.2) is 0 Å². The van der Waals surface area contributed by atoms with Gasteiger partial charge in [0, 0.05) is 17.1 Å². The Morgan fingerprint density at radius 3 is 2.59 bits per heavy atom. The molecule has 2 N–H and O–H groups in total. The standard InChI is InChI=1S/C13H11ClINO/c14-10-5-6-12(9(7-10)8-16)17-13-4-2-1-3-11(13)15/h1-7H,8,16H2. The summed E-state index contributed by atoms with van der Waals surface area (Å²) in [6, 6.07) is 13.3. The first kappa shape index (κ1) is 12.7. The molecule has 0 aliphatic rings. The molecule has 0 aromatic heterocycles. The summed E-state index contributed by atoms with van der Waals surface area (Å²) in [5, 5.41) is 0.667. The van der Waals surface area contributed by atoms with Crippen LogP contribution in [-0.2, 0) is 6.54 Å². The van der Waals surface area contributed by atoms with Crippen molar-refractivity contribution in [1.29, 1.82) is 0 Å². The van der Waals surface area contributed by atoms with Crippen LogP contribution in [0.3, 0.4) is 0 Å². The third-order valence-electron chi connectivity index (χ3n) is 2.30. The van der Waals surface area contributed by atoms with Gasteiger partial charge < -0.3 is 10.5 Å².